The van der Waals surface area contributed by atoms with Crippen molar-refractivity contribution in [1.29, 1.82) is 0 Å². The van der Waals surface area contributed by atoms with Gasteiger partial charge in [-0.1, -0.05) is 28.4 Å². The molecule has 3 aromatic rings. The lowest BCUT2D eigenvalue weighted by molar-refractivity contribution is 0.0943. The third-order valence-electron chi connectivity index (χ3n) is 3.87. The minimum absolute atomic E-state index is 0.206. The first-order valence-electron chi connectivity index (χ1n) is 8.15. The van der Waals surface area contributed by atoms with Gasteiger partial charge >= 0.3 is 0 Å². The Bertz CT molecular complexity index is 933. The van der Waals surface area contributed by atoms with E-state index in [0.29, 0.717) is 27.9 Å². The summed E-state index contributed by atoms with van der Waals surface area (Å²) in [6.07, 6.45) is 0.765. The highest BCUT2D eigenvalue weighted by Gasteiger charge is 2.15. The van der Waals surface area contributed by atoms with Crippen molar-refractivity contribution in [2.24, 2.45) is 0 Å². The van der Waals surface area contributed by atoms with Crippen molar-refractivity contribution in [1.82, 2.24) is 20.3 Å². The van der Waals surface area contributed by atoms with Crippen molar-refractivity contribution in [3.63, 3.8) is 0 Å². The first kappa shape index (κ1) is 18.5. The molecule has 0 aliphatic rings. The van der Waals surface area contributed by atoms with Crippen LogP contribution < -0.4 is 5.32 Å². The number of aromatic nitrogens is 3. The van der Waals surface area contributed by atoms with Gasteiger partial charge in [0.05, 0.1) is 10.7 Å². The van der Waals surface area contributed by atoms with Crippen LogP contribution in [-0.2, 0) is 6.54 Å². The summed E-state index contributed by atoms with van der Waals surface area (Å²) in [5, 5.41) is 12.0. The van der Waals surface area contributed by atoms with Crippen LogP contribution in [0.2, 0.25) is 10.0 Å². The first-order chi connectivity index (χ1) is 12.4. The van der Waals surface area contributed by atoms with E-state index in [4.69, 9.17) is 27.7 Å². The van der Waals surface area contributed by atoms with E-state index in [1.165, 1.54) is 0 Å². The minimum atomic E-state index is -0.293. The Hall–Kier alpha value is -2.31. The predicted molar refractivity (Wildman–Crippen MR) is 101 cm³/mol. The van der Waals surface area contributed by atoms with Crippen LogP contribution >= 0.6 is 23.2 Å². The number of hydrogen-bond acceptors (Lipinski definition) is 4. The lowest BCUT2D eigenvalue weighted by Gasteiger charge is -2.05. The maximum Gasteiger partial charge on any atom is 0.273 e. The summed E-state index contributed by atoms with van der Waals surface area (Å²) in [6, 6.07) is 8.62. The number of aryl methyl sites for hydroxylation is 3. The van der Waals surface area contributed by atoms with Crippen molar-refractivity contribution in [3.8, 4) is 11.3 Å². The fourth-order valence-corrected chi connectivity index (χ4v) is 3.12. The molecular weight excluding hydrogens is 375 g/mol. The van der Waals surface area contributed by atoms with Crippen LogP contribution in [0.3, 0.4) is 0 Å². The van der Waals surface area contributed by atoms with E-state index in [-0.39, 0.29) is 11.6 Å². The van der Waals surface area contributed by atoms with Crippen LogP contribution in [0.4, 0.5) is 0 Å². The van der Waals surface area contributed by atoms with E-state index in [1.54, 1.807) is 24.3 Å². The average molecular weight is 393 g/mol. The SMILES string of the molecule is Cc1cc(C)n(CCCNC(=O)c2cc(-c3ccc(Cl)cc3Cl)on2)n1. The van der Waals surface area contributed by atoms with E-state index in [0.717, 1.165) is 24.4 Å². The van der Waals surface area contributed by atoms with Crippen LogP contribution in [0.1, 0.15) is 28.3 Å². The van der Waals surface area contributed by atoms with Gasteiger partial charge in [0.1, 0.15) is 0 Å². The van der Waals surface area contributed by atoms with E-state index in [1.807, 2.05) is 24.6 Å². The highest BCUT2D eigenvalue weighted by atomic mass is 35.5. The Morgan fingerprint density at radius 3 is 2.73 bits per heavy atom. The number of amides is 1. The number of carbonyl (C=O) groups excluding carboxylic acids is 1. The smallest absolute Gasteiger partial charge is 0.273 e. The molecule has 0 unspecified atom stereocenters. The third-order valence-corrected chi connectivity index (χ3v) is 4.42. The Labute approximate surface area is 161 Å². The normalized spacial score (nSPS) is 10.9. The van der Waals surface area contributed by atoms with Crippen LogP contribution in [0.25, 0.3) is 11.3 Å². The molecule has 8 heteroatoms. The average Bonchev–Trinajstić information content (AvgIpc) is 3.18. The number of nitrogens with one attached hydrogen (secondary N) is 1. The summed E-state index contributed by atoms with van der Waals surface area (Å²) in [7, 11) is 0. The summed E-state index contributed by atoms with van der Waals surface area (Å²) < 4.78 is 7.16. The lowest BCUT2D eigenvalue weighted by Crippen LogP contribution is -2.25. The topological polar surface area (TPSA) is 73.0 Å². The molecule has 0 spiro atoms. The van der Waals surface area contributed by atoms with Crippen LogP contribution in [0.15, 0.2) is 34.9 Å². The van der Waals surface area contributed by atoms with Gasteiger partial charge in [-0.3, -0.25) is 9.48 Å². The number of rotatable bonds is 6. The van der Waals surface area contributed by atoms with Crippen molar-refractivity contribution in [2.75, 3.05) is 6.54 Å². The van der Waals surface area contributed by atoms with Gasteiger partial charge in [0.25, 0.3) is 5.91 Å². The number of benzene rings is 1. The molecule has 2 heterocycles. The van der Waals surface area contributed by atoms with Gasteiger partial charge in [-0.05, 0) is 44.5 Å². The van der Waals surface area contributed by atoms with Gasteiger partial charge in [0.15, 0.2) is 11.5 Å². The van der Waals surface area contributed by atoms with Gasteiger partial charge < -0.3 is 9.84 Å². The van der Waals surface area contributed by atoms with Gasteiger partial charge in [-0.15, -0.1) is 0 Å². The van der Waals surface area contributed by atoms with Gasteiger partial charge in [-0.25, -0.2) is 0 Å². The molecule has 6 nitrogen and oxygen atoms in total. The van der Waals surface area contributed by atoms with E-state index in [2.05, 4.69) is 15.6 Å². The molecule has 0 saturated heterocycles. The zero-order chi connectivity index (χ0) is 18.7. The second-order valence-corrected chi connectivity index (χ2v) is 6.80. The maximum absolute atomic E-state index is 12.2. The number of nitrogens with zero attached hydrogens (tertiary/aromatic N) is 3. The molecule has 0 atom stereocenters. The number of carbonyl (C=O) groups is 1. The molecule has 0 radical (unpaired) electrons. The molecule has 3 rings (SSSR count). The van der Waals surface area contributed by atoms with Crippen molar-refractivity contribution >= 4 is 29.1 Å². The predicted octanol–water partition coefficient (Wildman–Crippen LogP) is 4.28. The maximum atomic E-state index is 12.2. The van der Waals surface area contributed by atoms with E-state index in [9.17, 15) is 4.79 Å². The van der Waals surface area contributed by atoms with E-state index >= 15 is 0 Å². The highest BCUT2D eigenvalue weighted by Crippen LogP contribution is 2.30. The Kier molecular flexibility index (Phi) is 5.64. The first-order valence-corrected chi connectivity index (χ1v) is 8.91. The second-order valence-electron chi connectivity index (χ2n) is 5.96. The largest absolute Gasteiger partial charge is 0.355 e. The molecule has 0 aliphatic carbocycles. The van der Waals surface area contributed by atoms with Crippen LogP contribution in [0.5, 0.6) is 0 Å². The van der Waals surface area contributed by atoms with Gasteiger partial charge in [-0.2, -0.15) is 5.10 Å². The molecular formula is C18H18Cl2N4O2. The fraction of sp³-hybridized carbons (Fsp3) is 0.278. The molecule has 1 N–H and O–H groups in total. The van der Waals surface area contributed by atoms with E-state index < -0.39 is 0 Å². The van der Waals surface area contributed by atoms with Crippen molar-refractivity contribution in [2.45, 2.75) is 26.8 Å². The monoisotopic (exact) mass is 392 g/mol. The second kappa shape index (κ2) is 7.93. The zero-order valence-electron chi connectivity index (χ0n) is 14.4. The molecule has 1 aromatic carbocycles. The Morgan fingerprint density at radius 1 is 1.23 bits per heavy atom. The highest BCUT2D eigenvalue weighted by molar-refractivity contribution is 6.36. The van der Waals surface area contributed by atoms with Crippen molar-refractivity contribution < 1.29 is 9.32 Å². The summed E-state index contributed by atoms with van der Waals surface area (Å²) in [5.74, 6) is 0.123. The summed E-state index contributed by atoms with van der Waals surface area (Å²) >= 11 is 12.0. The molecule has 0 fully saturated rings. The lowest BCUT2D eigenvalue weighted by atomic mass is 10.1. The minimum Gasteiger partial charge on any atom is -0.355 e. The van der Waals surface area contributed by atoms with Gasteiger partial charge in [0, 0.05) is 35.4 Å². The molecule has 0 bridgehead atoms. The molecule has 2 aromatic heterocycles. The summed E-state index contributed by atoms with van der Waals surface area (Å²) in [6.45, 7) is 5.23. The quantitative estimate of drug-likeness (QED) is 0.635. The summed E-state index contributed by atoms with van der Waals surface area (Å²) in [4.78, 5) is 12.2. The van der Waals surface area contributed by atoms with Crippen LogP contribution in [0, 0.1) is 13.8 Å². The van der Waals surface area contributed by atoms with Crippen molar-refractivity contribution in [3.05, 3.63) is 57.5 Å². The van der Waals surface area contributed by atoms with Crippen LogP contribution in [-0.4, -0.2) is 27.4 Å². The summed E-state index contributed by atoms with van der Waals surface area (Å²) in [5.41, 5.74) is 2.93. The Morgan fingerprint density at radius 2 is 2.04 bits per heavy atom. The number of hydrogen-bond donors (Lipinski definition) is 1. The molecule has 1 amide bonds. The molecule has 26 heavy (non-hydrogen) atoms. The standard InChI is InChI=1S/C18H18Cl2N4O2/c1-11-8-12(2)24(22-11)7-3-6-21-18(25)16-10-17(26-23-16)14-5-4-13(19)9-15(14)20/h4-5,8-10H,3,6-7H2,1-2H3,(H,21,25). The molecule has 136 valence electrons. The third kappa shape index (κ3) is 4.26. The zero-order valence-corrected chi connectivity index (χ0v) is 15.9. The molecule has 0 aliphatic heterocycles. The molecule has 0 saturated carbocycles. The number of halogens is 2. The van der Waals surface area contributed by atoms with Gasteiger partial charge in [0.2, 0.25) is 0 Å². The fourth-order valence-electron chi connectivity index (χ4n) is 2.62. The Balaban J connectivity index is 1.55.